The van der Waals surface area contributed by atoms with Crippen LogP contribution in [-0.4, -0.2) is 15.7 Å². The van der Waals surface area contributed by atoms with Gasteiger partial charge >= 0.3 is 0 Å². The lowest BCUT2D eigenvalue weighted by atomic mass is 9.78. The van der Waals surface area contributed by atoms with Crippen LogP contribution in [0.4, 0.5) is 5.82 Å². The van der Waals surface area contributed by atoms with Gasteiger partial charge in [0.25, 0.3) is 5.91 Å². The van der Waals surface area contributed by atoms with Crippen LogP contribution >= 0.6 is 11.6 Å². The van der Waals surface area contributed by atoms with Crippen LogP contribution in [0.2, 0.25) is 5.02 Å². The number of hydrogen-bond donors (Lipinski definition) is 1. The average Bonchev–Trinajstić information content (AvgIpc) is 3.58. The summed E-state index contributed by atoms with van der Waals surface area (Å²) >= 11 is 6.05. The number of aromatic nitrogens is 2. The molecule has 0 radical (unpaired) electrons. The zero-order valence-corrected chi connectivity index (χ0v) is 22.0. The van der Waals surface area contributed by atoms with E-state index in [9.17, 15) is 4.79 Å². The fraction of sp³-hybridized carbons (Fsp3) is 0.161. The molecule has 2 heterocycles. The van der Waals surface area contributed by atoms with Crippen LogP contribution in [0.15, 0.2) is 108 Å². The molecule has 6 nitrogen and oxygen atoms in total. The topological polar surface area (TPSA) is 69.3 Å². The maximum atomic E-state index is 12.6. The number of carbonyl (C=O) groups excluding carboxylic acids is 1. The van der Waals surface area contributed by atoms with E-state index in [1.807, 2.05) is 42.5 Å². The van der Waals surface area contributed by atoms with Gasteiger partial charge in [-0.1, -0.05) is 80.0 Å². The Morgan fingerprint density at radius 3 is 2.47 bits per heavy atom. The van der Waals surface area contributed by atoms with E-state index in [0.29, 0.717) is 23.1 Å². The summed E-state index contributed by atoms with van der Waals surface area (Å²) in [5.74, 6) is 1.52. The summed E-state index contributed by atoms with van der Waals surface area (Å²) in [6.07, 6.45) is 1.80. The van der Waals surface area contributed by atoms with Gasteiger partial charge in [0.15, 0.2) is 11.6 Å². The Kier molecular flexibility index (Phi) is 7.33. The molecule has 192 valence electrons. The lowest BCUT2D eigenvalue weighted by Gasteiger charge is -2.26. The largest absolute Gasteiger partial charge is 0.486 e. The molecule has 7 heteroatoms. The van der Waals surface area contributed by atoms with Crippen LogP contribution in [-0.2, 0) is 18.6 Å². The molecule has 38 heavy (non-hydrogen) atoms. The second-order valence-corrected chi connectivity index (χ2v) is 9.99. The van der Waals surface area contributed by atoms with Crippen molar-refractivity contribution < 1.29 is 13.9 Å². The summed E-state index contributed by atoms with van der Waals surface area (Å²) in [6.45, 7) is 5.17. The van der Waals surface area contributed by atoms with Crippen molar-refractivity contribution in [3.05, 3.63) is 136 Å². The number of carbonyl (C=O) groups is 1. The number of benzene rings is 3. The Morgan fingerprint density at radius 1 is 0.947 bits per heavy atom. The van der Waals surface area contributed by atoms with E-state index >= 15 is 0 Å². The van der Waals surface area contributed by atoms with Gasteiger partial charge in [-0.25, -0.2) is 0 Å². The molecule has 0 aliphatic rings. The SMILES string of the molecule is CC(C)(c1ccccc1)c1ccc(OCc2ccc(C(=O)Nc3ccn(Cc4cccc(Cl)c4)n3)o2)cc1. The molecule has 3 aromatic carbocycles. The van der Waals surface area contributed by atoms with Crippen LogP contribution < -0.4 is 10.1 Å². The fourth-order valence-corrected chi connectivity index (χ4v) is 4.45. The summed E-state index contributed by atoms with van der Waals surface area (Å²) in [6, 6.07) is 31.2. The van der Waals surface area contributed by atoms with Gasteiger partial charge in [0.2, 0.25) is 0 Å². The molecule has 0 saturated carbocycles. The predicted molar refractivity (Wildman–Crippen MR) is 149 cm³/mol. The Labute approximate surface area is 226 Å². The summed E-state index contributed by atoms with van der Waals surface area (Å²) in [7, 11) is 0. The van der Waals surface area contributed by atoms with E-state index in [-0.39, 0.29) is 23.7 Å². The molecule has 0 unspecified atom stereocenters. The molecule has 0 atom stereocenters. The lowest BCUT2D eigenvalue weighted by Crippen LogP contribution is -2.18. The van der Waals surface area contributed by atoms with Crippen LogP contribution in [0.3, 0.4) is 0 Å². The number of hydrogen-bond acceptors (Lipinski definition) is 4. The molecule has 0 aliphatic carbocycles. The van der Waals surface area contributed by atoms with Crippen molar-refractivity contribution in [2.45, 2.75) is 32.4 Å². The average molecular weight is 526 g/mol. The van der Waals surface area contributed by atoms with Crippen LogP contribution in [0.5, 0.6) is 5.75 Å². The van der Waals surface area contributed by atoms with Gasteiger partial charge < -0.3 is 14.5 Å². The minimum Gasteiger partial charge on any atom is -0.486 e. The maximum Gasteiger partial charge on any atom is 0.292 e. The summed E-state index contributed by atoms with van der Waals surface area (Å²) < 4.78 is 13.3. The first-order valence-electron chi connectivity index (χ1n) is 12.3. The van der Waals surface area contributed by atoms with Gasteiger partial charge in [-0.05, 0) is 53.1 Å². The van der Waals surface area contributed by atoms with Crippen molar-refractivity contribution in [1.82, 2.24) is 9.78 Å². The van der Waals surface area contributed by atoms with Crippen LogP contribution in [0.25, 0.3) is 0 Å². The molecule has 0 fully saturated rings. The fourth-order valence-electron chi connectivity index (χ4n) is 4.24. The third-order valence-electron chi connectivity index (χ3n) is 6.45. The Morgan fingerprint density at radius 2 is 1.71 bits per heavy atom. The van der Waals surface area contributed by atoms with E-state index in [2.05, 4.69) is 60.7 Å². The smallest absolute Gasteiger partial charge is 0.292 e. The number of nitrogens with zero attached hydrogens (tertiary/aromatic N) is 2. The van der Waals surface area contributed by atoms with Crippen molar-refractivity contribution in [2.75, 3.05) is 5.32 Å². The molecule has 0 saturated heterocycles. The zero-order chi connectivity index (χ0) is 26.5. The van der Waals surface area contributed by atoms with Crippen molar-refractivity contribution in [2.24, 2.45) is 0 Å². The highest BCUT2D eigenvalue weighted by Gasteiger charge is 2.22. The van der Waals surface area contributed by atoms with Crippen LogP contribution in [0.1, 0.15) is 46.9 Å². The molecular formula is C31H28ClN3O3. The van der Waals surface area contributed by atoms with Crippen molar-refractivity contribution in [1.29, 1.82) is 0 Å². The minimum atomic E-state index is -0.378. The predicted octanol–water partition coefficient (Wildman–Crippen LogP) is 7.34. The lowest BCUT2D eigenvalue weighted by molar-refractivity contribution is 0.0992. The highest BCUT2D eigenvalue weighted by atomic mass is 35.5. The monoisotopic (exact) mass is 525 g/mol. The summed E-state index contributed by atoms with van der Waals surface area (Å²) in [5.41, 5.74) is 3.35. The number of anilines is 1. The maximum absolute atomic E-state index is 12.6. The molecular weight excluding hydrogens is 498 g/mol. The first-order chi connectivity index (χ1) is 18.4. The van der Waals surface area contributed by atoms with Gasteiger partial charge in [0.1, 0.15) is 18.1 Å². The van der Waals surface area contributed by atoms with Gasteiger partial charge in [0.05, 0.1) is 6.54 Å². The molecule has 5 aromatic rings. The molecule has 0 spiro atoms. The number of rotatable bonds is 9. The first-order valence-corrected chi connectivity index (χ1v) is 12.7. The van der Waals surface area contributed by atoms with Crippen molar-refractivity contribution >= 4 is 23.3 Å². The normalized spacial score (nSPS) is 11.3. The number of halogens is 1. The Bertz CT molecular complexity index is 1520. The Balaban J connectivity index is 1.15. The molecule has 0 aliphatic heterocycles. The second kappa shape index (κ2) is 11.0. The quantitative estimate of drug-likeness (QED) is 0.218. The van der Waals surface area contributed by atoms with Gasteiger partial charge in [0, 0.05) is 22.7 Å². The van der Waals surface area contributed by atoms with E-state index in [4.69, 9.17) is 20.8 Å². The van der Waals surface area contributed by atoms with Gasteiger partial charge in [-0.15, -0.1) is 0 Å². The first kappa shape index (κ1) is 25.4. The molecule has 1 N–H and O–H groups in total. The van der Waals surface area contributed by atoms with Gasteiger partial charge in [-0.3, -0.25) is 9.48 Å². The minimum absolute atomic E-state index is 0.117. The molecule has 2 aromatic heterocycles. The summed E-state index contributed by atoms with van der Waals surface area (Å²) in [5, 5.41) is 7.84. The number of nitrogens with one attached hydrogen (secondary N) is 1. The third kappa shape index (κ3) is 5.98. The van der Waals surface area contributed by atoms with E-state index in [0.717, 1.165) is 11.3 Å². The number of ether oxygens (including phenoxy) is 1. The van der Waals surface area contributed by atoms with Crippen LogP contribution in [0, 0.1) is 0 Å². The zero-order valence-electron chi connectivity index (χ0n) is 21.2. The standard InChI is InChI=1S/C31H28ClN3O3/c1-31(2,23-8-4-3-5-9-23)24-11-13-26(14-12-24)37-21-27-15-16-28(38-27)30(36)33-29-17-18-35(34-29)20-22-7-6-10-25(32)19-22/h3-19H,20-21H2,1-2H3,(H,33,34,36). The van der Waals surface area contributed by atoms with Crippen molar-refractivity contribution in [3.63, 3.8) is 0 Å². The molecule has 0 bridgehead atoms. The highest BCUT2D eigenvalue weighted by molar-refractivity contribution is 6.30. The van der Waals surface area contributed by atoms with E-state index in [1.54, 1.807) is 29.1 Å². The number of amides is 1. The number of furan rings is 1. The Hall–Kier alpha value is -4.29. The van der Waals surface area contributed by atoms with Gasteiger partial charge in [-0.2, -0.15) is 5.10 Å². The molecule has 5 rings (SSSR count). The van der Waals surface area contributed by atoms with Crippen molar-refractivity contribution in [3.8, 4) is 5.75 Å². The summed E-state index contributed by atoms with van der Waals surface area (Å²) in [4.78, 5) is 12.6. The molecule has 1 amide bonds. The second-order valence-electron chi connectivity index (χ2n) is 9.55. The third-order valence-corrected chi connectivity index (χ3v) is 6.69. The van der Waals surface area contributed by atoms with E-state index in [1.165, 1.54) is 11.1 Å². The van der Waals surface area contributed by atoms with E-state index < -0.39 is 0 Å². The highest BCUT2D eigenvalue weighted by Crippen LogP contribution is 2.32.